The lowest BCUT2D eigenvalue weighted by Crippen LogP contribution is -2.51. The molecule has 1 aliphatic rings. The Morgan fingerprint density at radius 3 is 2.47 bits per heavy atom. The van der Waals surface area contributed by atoms with Gasteiger partial charge in [0.05, 0.1) is 0 Å². The van der Waals surface area contributed by atoms with Crippen molar-refractivity contribution in [1.82, 2.24) is 10.2 Å². The van der Waals surface area contributed by atoms with Crippen LogP contribution in [0.3, 0.4) is 0 Å². The average molecular weight is 457 g/mol. The minimum absolute atomic E-state index is 0.125. The molecule has 172 valence electrons. The van der Waals surface area contributed by atoms with Gasteiger partial charge < -0.3 is 15.0 Å². The highest BCUT2D eigenvalue weighted by atomic mass is 35.5. The lowest BCUT2D eigenvalue weighted by atomic mass is 9.95. The van der Waals surface area contributed by atoms with Crippen molar-refractivity contribution in [1.29, 1.82) is 0 Å². The number of rotatable bonds is 9. The summed E-state index contributed by atoms with van der Waals surface area (Å²) in [6.07, 6.45) is 6.43. The van der Waals surface area contributed by atoms with E-state index in [-0.39, 0.29) is 31.0 Å². The van der Waals surface area contributed by atoms with Crippen molar-refractivity contribution in [2.45, 2.75) is 71.0 Å². The molecule has 0 heterocycles. The molecule has 5 nitrogen and oxygen atoms in total. The van der Waals surface area contributed by atoms with Crippen LogP contribution in [-0.2, 0) is 22.6 Å². The molecule has 0 spiro atoms. The lowest BCUT2D eigenvalue weighted by molar-refractivity contribution is -0.142. The molecule has 0 saturated heterocycles. The Hall–Kier alpha value is -2.53. The number of aryl methyl sites for hydroxylation is 1. The smallest absolute Gasteiger partial charge is 0.261 e. The Balaban J connectivity index is 1.69. The van der Waals surface area contributed by atoms with Gasteiger partial charge in [0.2, 0.25) is 5.91 Å². The zero-order valence-electron chi connectivity index (χ0n) is 19.0. The summed E-state index contributed by atoms with van der Waals surface area (Å²) in [6.45, 7) is 4.02. The van der Waals surface area contributed by atoms with Crippen LogP contribution in [0.2, 0.25) is 5.02 Å². The van der Waals surface area contributed by atoms with Gasteiger partial charge in [-0.05, 0) is 61.6 Å². The van der Waals surface area contributed by atoms with Gasteiger partial charge in [-0.15, -0.1) is 0 Å². The molecule has 2 amide bonds. The van der Waals surface area contributed by atoms with Crippen LogP contribution in [0.1, 0.15) is 57.1 Å². The molecule has 1 N–H and O–H groups in total. The summed E-state index contributed by atoms with van der Waals surface area (Å²) in [5.41, 5.74) is 2.08. The van der Waals surface area contributed by atoms with Crippen molar-refractivity contribution in [2.24, 2.45) is 0 Å². The highest BCUT2D eigenvalue weighted by Crippen LogP contribution is 2.19. The van der Waals surface area contributed by atoms with E-state index in [0.717, 1.165) is 37.7 Å². The maximum Gasteiger partial charge on any atom is 0.261 e. The highest BCUT2D eigenvalue weighted by molar-refractivity contribution is 6.30. The van der Waals surface area contributed by atoms with Gasteiger partial charge in [-0.2, -0.15) is 0 Å². The van der Waals surface area contributed by atoms with Crippen LogP contribution in [-0.4, -0.2) is 35.4 Å². The van der Waals surface area contributed by atoms with E-state index in [1.807, 2.05) is 42.5 Å². The Kier molecular flexibility index (Phi) is 8.98. The molecule has 32 heavy (non-hydrogen) atoms. The van der Waals surface area contributed by atoms with Gasteiger partial charge in [0.15, 0.2) is 6.61 Å². The van der Waals surface area contributed by atoms with E-state index < -0.39 is 6.04 Å². The van der Waals surface area contributed by atoms with Gasteiger partial charge >= 0.3 is 0 Å². The van der Waals surface area contributed by atoms with Gasteiger partial charge in [0.25, 0.3) is 5.91 Å². The third-order valence-corrected chi connectivity index (χ3v) is 6.29. The van der Waals surface area contributed by atoms with Crippen LogP contribution < -0.4 is 10.1 Å². The van der Waals surface area contributed by atoms with E-state index in [0.29, 0.717) is 10.8 Å². The van der Waals surface area contributed by atoms with Crippen LogP contribution in [0.4, 0.5) is 0 Å². The van der Waals surface area contributed by atoms with Gasteiger partial charge in [0.1, 0.15) is 11.8 Å². The summed E-state index contributed by atoms with van der Waals surface area (Å²) in [4.78, 5) is 27.7. The Bertz CT molecular complexity index is 894. The molecule has 2 aromatic carbocycles. The number of nitrogens with one attached hydrogen (secondary N) is 1. The fourth-order valence-electron chi connectivity index (χ4n) is 4.03. The first-order chi connectivity index (χ1) is 15.5. The first-order valence-electron chi connectivity index (χ1n) is 11.5. The normalized spacial score (nSPS) is 15.1. The summed E-state index contributed by atoms with van der Waals surface area (Å²) >= 11 is 6.14. The monoisotopic (exact) mass is 456 g/mol. The van der Waals surface area contributed by atoms with Crippen molar-refractivity contribution < 1.29 is 14.3 Å². The number of hydrogen-bond donors (Lipinski definition) is 1. The van der Waals surface area contributed by atoms with Crippen molar-refractivity contribution in [2.75, 3.05) is 6.61 Å². The fraction of sp³-hybridized carbons (Fsp3) is 0.462. The summed E-state index contributed by atoms with van der Waals surface area (Å²) in [5, 5.41) is 3.74. The van der Waals surface area contributed by atoms with Crippen molar-refractivity contribution in [3.63, 3.8) is 0 Å². The number of halogens is 1. The van der Waals surface area contributed by atoms with Gasteiger partial charge in [0, 0.05) is 17.6 Å². The van der Waals surface area contributed by atoms with Gasteiger partial charge in [-0.25, -0.2) is 0 Å². The van der Waals surface area contributed by atoms with E-state index in [1.54, 1.807) is 17.9 Å². The molecule has 1 aliphatic carbocycles. The maximum atomic E-state index is 13.2. The summed E-state index contributed by atoms with van der Waals surface area (Å²) in [5.74, 6) is 0.271. The summed E-state index contributed by atoms with van der Waals surface area (Å²) < 4.78 is 5.74. The quantitative estimate of drug-likeness (QED) is 0.567. The Morgan fingerprint density at radius 1 is 1.09 bits per heavy atom. The van der Waals surface area contributed by atoms with Crippen molar-refractivity contribution in [3.05, 3.63) is 64.7 Å². The number of ether oxygens (including phenoxy) is 1. The van der Waals surface area contributed by atoms with Crippen LogP contribution in [0, 0.1) is 0 Å². The topological polar surface area (TPSA) is 58.6 Å². The molecular formula is C26H33ClN2O3. The van der Waals surface area contributed by atoms with Crippen LogP contribution in [0.25, 0.3) is 0 Å². The molecule has 3 rings (SSSR count). The second-order valence-corrected chi connectivity index (χ2v) is 8.89. The van der Waals surface area contributed by atoms with E-state index >= 15 is 0 Å². The molecule has 1 saturated carbocycles. The molecule has 1 unspecified atom stereocenters. The first kappa shape index (κ1) is 24.1. The first-order valence-corrected chi connectivity index (χ1v) is 11.9. The van der Waals surface area contributed by atoms with Crippen molar-refractivity contribution >= 4 is 23.4 Å². The maximum absolute atomic E-state index is 13.2. The predicted molar refractivity (Wildman–Crippen MR) is 128 cm³/mol. The van der Waals surface area contributed by atoms with Gasteiger partial charge in [-0.1, -0.05) is 62.1 Å². The van der Waals surface area contributed by atoms with E-state index in [1.165, 1.54) is 12.0 Å². The minimum Gasteiger partial charge on any atom is -0.484 e. The third kappa shape index (κ3) is 6.99. The molecule has 0 aromatic heterocycles. The van der Waals surface area contributed by atoms with Crippen LogP contribution in [0.5, 0.6) is 5.75 Å². The number of benzene rings is 2. The molecular weight excluding hydrogens is 424 g/mol. The largest absolute Gasteiger partial charge is 0.484 e. The molecule has 1 atom stereocenters. The Morgan fingerprint density at radius 2 is 1.81 bits per heavy atom. The van der Waals surface area contributed by atoms with Crippen LogP contribution >= 0.6 is 11.6 Å². The van der Waals surface area contributed by atoms with E-state index in [9.17, 15) is 9.59 Å². The van der Waals surface area contributed by atoms with Crippen LogP contribution in [0.15, 0.2) is 48.5 Å². The average Bonchev–Trinajstić information content (AvgIpc) is 2.81. The fourth-order valence-corrected chi connectivity index (χ4v) is 4.25. The SMILES string of the molecule is CCc1ccc(OCC(=O)N(Cc2cccc(Cl)c2)C(C)C(=O)NC2CCCCC2)cc1. The number of nitrogens with zero attached hydrogens (tertiary/aromatic N) is 1. The minimum atomic E-state index is -0.616. The summed E-state index contributed by atoms with van der Waals surface area (Å²) in [6, 6.07) is 14.6. The molecule has 0 aliphatic heterocycles. The van der Waals surface area contributed by atoms with Crippen molar-refractivity contribution in [3.8, 4) is 5.75 Å². The lowest BCUT2D eigenvalue weighted by Gasteiger charge is -2.31. The highest BCUT2D eigenvalue weighted by Gasteiger charge is 2.28. The summed E-state index contributed by atoms with van der Waals surface area (Å²) in [7, 11) is 0. The zero-order chi connectivity index (χ0) is 22.9. The molecule has 0 bridgehead atoms. The number of amides is 2. The van der Waals surface area contributed by atoms with E-state index in [2.05, 4.69) is 12.2 Å². The molecule has 6 heteroatoms. The number of carbonyl (C=O) groups excluding carboxylic acids is 2. The second kappa shape index (κ2) is 11.9. The number of carbonyl (C=O) groups is 2. The Labute approximate surface area is 196 Å². The predicted octanol–water partition coefficient (Wildman–Crippen LogP) is 5.15. The van der Waals surface area contributed by atoms with Gasteiger partial charge in [-0.3, -0.25) is 9.59 Å². The molecule has 2 aromatic rings. The van der Waals surface area contributed by atoms with E-state index in [4.69, 9.17) is 16.3 Å². The molecule has 1 fully saturated rings. The zero-order valence-corrected chi connectivity index (χ0v) is 19.7. The standard InChI is InChI=1S/C26H33ClN2O3/c1-3-20-12-14-24(15-13-20)32-18-25(30)29(17-21-8-7-9-22(27)16-21)19(2)26(31)28-23-10-5-4-6-11-23/h7-9,12-16,19,23H,3-6,10-11,17-18H2,1-2H3,(H,28,31). The molecule has 0 radical (unpaired) electrons. The number of hydrogen-bond acceptors (Lipinski definition) is 3. The third-order valence-electron chi connectivity index (χ3n) is 6.05. The second-order valence-electron chi connectivity index (χ2n) is 8.46.